The van der Waals surface area contributed by atoms with E-state index in [-0.39, 0.29) is 28.8 Å². The van der Waals surface area contributed by atoms with Crippen LogP contribution in [0.3, 0.4) is 0 Å². The van der Waals surface area contributed by atoms with Crippen LogP contribution in [0.25, 0.3) is 11.0 Å². The number of imidazole rings is 1. The number of fused-ring (bicyclic) bond motifs is 1. The van der Waals surface area contributed by atoms with Crippen LogP contribution in [0.1, 0.15) is 28.8 Å². The highest BCUT2D eigenvalue weighted by atomic mass is 19.4. The Labute approximate surface area is 193 Å². The quantitative estimate of drug-likeness (QED) is 0.511. The number of carbonyl (C=O) groups is 2. The summed E-state index contributed by atoms with van der Waals surface area (Å²) in [5.74, 6) is -1.07. The molecule has 1 aliphatic heterocycles. The Bertz CT molecular complexity index is 1340. The summed E-state index contributed by atoms with van der Waals surface area (Å²) in [6, 6.07) is 8.06. The van der Waals surface area contributed by atoms with Gasteiger partial charge in [-0.05, 0) is 42.8 Å². The van der Waals surface area contributed by atoms with Gasteiger partial charge in [-0.15, -0.1) is 0 Å². The number of carbonyl (C=O) groups excluding carboxylic acids is 2. The maximum atomic E-state index is 13.0. The lowest BCUT2D eigenvalue weighted by atomic mass is 10.1. The maximum absolute atomic E-state index is 13.0. The molecule has 1 aromatic heterocycles. The normalized spacial score (nSPS) is 15.5. The minimum absolute atomic E-state index is 0.263. The van der Waals surface area contributed by atoms with Crippen LogP contribution in [-0.2, 0) is 17.5 Å². The number of rotatable bonds is 4. The Hall–Kier alpha value is -3.77. The molecule has 0 atom stereocenters. The number of aromatic nitrogens is 2. The van der Waals surface area contributed by atoms with Crippen molar-refractivity contribution in [2.24, 2.45) is 4.99 Å². The van der Waals surface area contributed by atoms with Crippen molar-refractivity contribution in [3.63, 3.8) is 0 Å². The number of alkyl halides is 6. The van der Waals surface area contributed by atoms with Crippen LogP contribution in [-0.4, -0.2) is 40.9 Å². The van der Waals surface area contributed by atoms with Crippen LogP contribution in [0.5, 0.6) is 0 Å². The molecule has 0 spiro atoms. The molecule has 7 nitrogen and oxygen atoms in total. The Morgan fingerprint density at radius 1 is 1.09 bits per heavy atom. The summed E-state index contributed by atoms with van der Waals surface area (Å²) in [6.07, 6.45) is -10.4. The molecule has 2 amide bonds. The van der Waals surface area contributed by atoms with Gasteiger partial charge < -0.3 is 14.3 Å². The van der Waals surface area contributed by atoms with Gasteiger partial charge in [0.25, 0.3) is 5.91 Å². The van der Waals surface area contributed by atoms with Gasteiger partial charge in [-0.2, -0.15) is 31.3 Å². The smallest absolute Gasteiger partial charge is 0.416 e. The molecular formula is C22H18F6N4O3. The molecule has 3 aromatic rings. The molecule has 35 heavy (non-hydrogen) atoms. The second-order valence-corrected chi connectivity index (χ2v) is 7.78. The summed E-state index contributed by atoms with van der Waals surface area (Å²) < 4.78 is 83.9. The Balaban J connectivity index is 1.78. The monoisotopic (exact) mass is 500 g/mol. The average molecular weight is 500 g/mol. The first-order valence-electron chi connectivity index (χ1n) is 10.4. The number of amides is 2. The van der Waals surface area contributed by atoms with Crippen molar-refractivity contribution in [2.75, 3.05) is 18.1 Å². The van der Waals surface area contributed by atoms with Crippen LogP contribution in [0.15, 0.2) is 47.5 Å². The molecule has 1 aliphatic rings. The molecule has 0 unspecified atom stereocenters. The predicted octanol–water partition coefficient (Wildman–Crippen LogP) is 5.03. The SMILES string of the molecule is O=C(/N=c1\[nH]c2cc(N3CCCOC3=O)ccc2n1CCC(F)(F)F)c1cccc(C(F)(F)F)c1. The van der Waals surface area contributed by atoms with E-state index in [9.17, 15) is 35.9 Å². The van der Waals surface area contributed by atoms with E-state index in [1.165, 1.54) is 23.1 Å². The first kappa shape index (κ1) is 24.4. The first-order chi connectivity index (χ1) is 16.4. The molecule has 1 N–H and O–H groups in total. The summed E-state index contributed by atoms with van der Waals surface area (Å²) in [4.78, 5) is 32.5. The van der Waals surface area contributed by atoms with Crippen molar-refractivity contribution in [1.82, 2.24) is 9.55 Å². The molecule has 0 radical (unpaired) electrons. The van der Waals surface area contributed by atoms with Gasteiger partial charge in [-0.1, -0.05) is 6.07 Å². The van der Waals surface area contributed by atoms with E-state index >= 15 is 0 Å². The minimum atomic E-state index is -4.68. The zero-order valence-corrected chi connectivity index (χ0v) is 17.9. The predicted molar refractivity (Wildman–Crippen MR) is 112 cm³/mol. The third-order valence-electron chi connectivity index (χ3n) is 5.32. The summed E-state index contributed by atoms with van der Waals surface area (Å²) in [7, 11) is 0. The lowest BCUT2D eigenvalue weighted by molar-refractivity contribution is -0.138. The largest absolute Gasteiger partial charge is 0.449 e. The third kappa shape index (κ3) is 5.49. The lowest BCUT2D eigenvalue weighted by Gasteiger charge is -2.26. The standard InChI is InChI=1S/C22H18F6N4O3/c23-21(24,25)7-9-32-17-6-5-15(31-8-2-10-35-20(31)34)12-16(17)29-19(32)30-18(33)13-3-1-4-14(11-13)22(26,27)28/h1,3-6,11-12H,2,7-10H2,(H,29,30,33). The lowest BCUT2D eigenvalue weighted by Crippen LogP contribution is -2.37. The van der Waals surface area contributed by atoms with Gasteiger partial charge in [-0.25, -0.2) is 4.79 Å². The fourth-order valence-corrected chi connectivity index (χ4v) is 3.66. The fraction of sp³-hybridized carbons (Fsp3) is 0.318. The van der Waals surface area contributed by atoms with Gasteiger partial charge in [0.05, 0.1) is 29.6 Å². The van der Waals surface area contributed by atoms with E-state index in [2.05, 4.69) is 9.98 Å². The number of nitrogens with zero attached hydrogens (tertiary/aromatic N) is 3. The second kappa shape index (κ2) is 9.12. The van der Waals surface area contributed by atoms with E-state index in [1.54, 1.807) is 0 Å². The summed E-state index contributed by atoms with van der Waals surface area (Å²) in [6.45, 7) is 0.0614. The van der Waals surface area contributed by atoms with Crippen molar-refractivity contribution in [1.29, 1.82) is 0 Å². The van der Waals surface area contributed by atoms with E-state index < -0.39 is 42.9 Å². The number of H-pyrrole nitrogens is 1. The van der Waals surface area contributed by atoms with E-state index in [0.29, 0.717) is 24.7 Å². The summed E-state index contributed by atoms with van der Waals surface area (Å²) in [5, 5.41) is 0. The van der Waals surface area contributed by atoms with Crippen molar-refractivity contribution in [2.45, 2.75) is 31.7 Å². The van der Waals surface area contributed by atoms with Crippen molar-refractivity contribution < 1.29 is 40.7 Å². The summed E-state index contributed by atoms with van der Waals surface area (Å²) >= 11 is 0. The number of aryl methyl sites for hydroxylation is 1. The molecular weight excluding hydrogens is 482 g/mol. The van der Waals surface area contributed by atoms with Gasteiger partial charge >= 0.3 is 18.4 Å². The van der Waals surface area contributed by atoms with Crippen molar-refractivity contribution >= 4 is 28.7 Å². The van der Waals surface area contributed by atoms with Crippen LogP contribution < -0.4 is 10.5 Å². The van der Waals surface area contributed by atoms with Crippen LogP contribution in [0.4, 0.5) is 36.8 Å². The third-order valence-corrected chi connectivity index (χ3v) is 5.32. The molecule has 2 aromatic carbocycles. The number of nitrogens with one attached hydrogen (secondary N) is 1. The van der Waals surface area contributed by atoms with E-state index in [0.717, 1.165) is 22.8 Å². The summed E-state index contributed by atoms with van der Waals surface area (Å²) in [5.41, 5.74) is -0.749. The number of aromatic amines is 1. The van der Waals surface area contributed by atoms with Crippen LogP contribution in [0, 0.1) is 0 Å². The molecule has 0 aliphatic carbocycles. The van der Waals surface area contributed by atoms with Gasteiger partial charge in [-0.3, -0.25) is 9.69 Å². The maximum Gasteiger partial charge on any atom is 0.416 e. The fourth-order valence-electron chi connectivity index (χ4n) is 3.66. The zero-order chi connectivity index (χ0) is 25.4. The second-order valence-electron chi connectivity index (χ2n) is 7.78. The number of ether oxygens (including phenoxy) is 1. The molecule has 0 saturated carbocycles. The van der Waals surface area contributed by atoms with E-state index in [1.807, 2.05) is 0 Å². The zero-order valence-electron chi connectivity index (χ0n) is 17.9. The average Bonchev–Trinajstić information content (AvgIpc) is 3.13. The van der Waals surface area contributed by atoms with Crippen LogP contribution >= 0.6 is 0 Å². The van der Waals surface area contributed by atoms with Gasteiger partial charge in [0.15, 0.2) is 0 Å². The van der Waals surface area contributed by atoms with Crippen LogP contribution in [0.2, 0.25) is 0 Å². The Kier molecular flexibility index (Phi) is 6.34. The number of hydrogen-bond donors (Lipinski definition) is 1. The highest BCUT2D eigenvalue weighted by molar-refractivity contribution is 5.95. The molecule has 186 valence electrons. The van der Waals surface area contributed by atoms with Gasteiger partial charge in [0.1, 0.15) is 0 Å². The number of halogens is 6. The van der Waals surface area contributed by atoms with Gasteiger partial charge in [0.2, 0.25) is 5.62 Å². The van der Waals surface area contributed by atoms with E-state index in [4.69, 9.17) is 4.74 Å². The highest BCUT2D eigenvalue weighted by Crippen LogP contribution is 2.30. The number of anilines is 1. The highest BCUT2D eigenvalue weighted by Gasteiger charge is 2.31. The molecule has 2 heterocycles. The number of cyclic esters (lactones) is 1. The minimum Gasteiger partial charge on any atom is -0.449 e. The van der Waals surface area contributed by atoms with Crippen molar-refractivity contribution in [3.05, 3.63) is 59.2 Å². The van der Waals surface area contributed by atoms with Crippen molar-refractivity contribution in [3.8, 4) is 0 Å². The molecule has 1 saturated heterocycles. The molecule has 4 rings (SSSR count). The molecule has 13 heteroatoms. The Morgan fingerprint density at radius 2 is 1.86 bits per heavy atom. The molecule has 1 fully saturated rings. The number of benzene rings is 2. The van der Waals surface area contributed by atoms with Gasteiger partial charge in [0, 0.05) is 24.3 Å². The number of hydrogen-bond acceptors (Lipinski definition) is 3. The first-order valence-corrected chi connectivity index (χ1v) is 10.4. The molecule has 0 bridgehead atoms. The Morgan fingerprint density at radius 3 is 2.54 bits per heavy atom. The topological polar surface area (TPSA) is 79.7 Å².